The molecule has 0 unspecified atom stereocenters. The molecule has 0 aliphatic carbocycles. The van der Waals surface area contributed by atoms with Crippen molar-refractivity contribution in [2.45, 2.75) is 13.8 Å². The summed E-state index contributed by atoms with van der Waals surface area (Å²) in [6, 6.07) is 7.63. The van der Waals surface area contributed by atoms with Gasteiger partial charge in [-0.1, -0.05) is 17.7 Å². The second-order valence-corrected chi connectivity index (χ2v) is 4.48. The molecule has 0 radical (unpaired) electrons. The summed E-state index contributed by atoms with van der Waals surface area (Å²) < 4.78 is 0. The lowest BCUT2D eigenvalue weighted by Crippen LogP contribution is -2.28. The van der Waals surface area contributed by atoms with Crippen molar-refractivity contribution < 1.29 is 9.90 Å². The second-order valence-electron chi connectivity index (χ2n) is 4.48. The Morgan fingerprint density at radius 1 is 1.37 bits per heavy atom. The van der Waals surface area contributed by atoms with E-state index in [0.29, 0.717) is 12.3 Å². The van der Waals surface area contributed by atoms with Crippen LogP contribution in [0, 0.1) is 12.8 Å². The normalized spacial score (nSPS) is 19.3. The molecule has 1 amide bonds. The number of hydrazone groups is 1. The molecule has 0 saturated carbocycles. The van der Waals surface area contributed by atoms with Gasteiger partial charge in [-0.25, -0.2) is 0 Å². The third-order valence-electron chi connectivity index (χ3n) is 2.94. The van der Waals surface area contributed by atoms with E-state index in [2.05, 4.69) is 10.1 Å². The van der Waals surface area contributed by atoms with E-state index in [1.807, 2.05) is 38.1 Å². The number of carbonyl (C=O) groups is 1. The second kappa shape index (κ2) is 5.75. The van der Waals surface area contributed by atoms with Gasteiger partial charge in [0.15, 0.2) is 0 Å². The average Bonchev–Trinajstić information content (AvgIpc) is 2.68. The zero-order valence-electron chi connectivity index (χ0n) is 11.1. The van der Waals surface area contributed by atoms with Crippen LogP contribution in [-0.4, -0.2) is 36.1 Å². The molecular formula is C14H17N3O2. The van der Waals surface area contributed by atoms with E-state index < -0.39 is 5.92 Å². The molecule has 1 aromatic rings. The van der Waals surface area contributed by atoms with Gasteiger partial charge in [-0.3, -0.25) is 9.79 Å². The molecule has 0 saturated heterocycles. The summed E-state index contributed by atoms with van der Waals surface area (Å²) in [6.07, 6.45) is 1.56. The van der Waals surface area contributed by atoms with Crippen molar-refractivity contribution in [3.8, 4) is 0 Å². The van der Waals surface area contributed by atoms with Gasteiger partial charge < -0.3 is 5.11 Å². The van der Waals surface area contributed by atoms with Crippen molar-refractivity contribution >= 4 is 23.5 Å². The maximum atomic E-state index is 12.3. The van der Waals surface area contributed by atoms with Crippen LogP contribution in [0.1, 0.15) is 12.5 Å². The molecule has 2 rings (SSSR count). The van der Waals surface area contributed by atoms with Crippen LogP contribution in [0.25, 0.3) is 0 Å². The van der Waals surface area contributed by atoms with Gasteiger partial charge in [0, 0.05) is 6.21 Å². The van der Waals surface area contributed by atoms with Crippen LogP contribution in [0.5, 0.6) is 0 Å². The third-order valence-corrected chi connectivity index (χ3v) is 2.94. The number of aliphatic hydroxyl groups excluding tert-OH is 1. The molecule has 1 N–H and O–H groups in total. The fourth-order valence-corrected chi connectivity index (χ4v) is 1.86. The molecule has 1 aliphatic rings. The predicted octanol–water partition coefficient (Wildman–Crippen LogP) is 1.40. The first kappa shape index (κ1) is 13.4. The quantitative estimate of drug-likeness (QED) is 0.830. The van der Waals surface area contributed by atoms with Crippen molar-refractivity contribution in [2.75, 3.05) is 18.2 Å². The summed E-state index contributed by atoms with van der Waals surface area (Å²) in [5.41, 5.74) is 2.61. The van der Waals surface area contributed by atoms with Gasteiger partial charge in [-0.15, -0.1) is 0 Å². The number of hydrogen-bond donors (Lipinski definition) is 1. The van der Waals surface area contributed by atoms with Crippen LogP contribution in [-0.2, 0) is 4.79 Å². The van der Waals surface area contributed by atoms with E-state index in [9.17, 15) is 4.79 Å². The molecule has 1 aliphatic heterocycles. The largest absolute Gasteiger partial charge is 0.394 e. The summed E-state index contributed by atoms with van der Waals surface area (Å²) >= 11 is 0. The SMILES string of the molecule is CC1=NN(c2ccc(C)cc2)C(=O)[C@H]1C=NCCO. The van der Waals surface area contributed by atoms with Crippen LogP contribution >= 0.6 is 0 Å². The highest BCUT2D eigenvalue weighted by Crippen LogP contribution is 2.23. The maximum absolute atomic E-state index is 12.3. The summed E-state index contributed by atoms with van der Waals surface area (Å²) in [7, 11) is 0. The standard InChI is InChI=1S/C14H17N3O2/c1-10-3-5-12(6-4-10)17-14(19)13(11(2)16-17)9-15-7-8-18/h3-6,9,13,18H,7-8H2,1-2H3/t13-/m0/s1. The van der Waals surface area contributed by atoms with Gasteiger partial charge >= 0.3 is 0 Å². The topological polar surface area (TPSA) is 65.3 Å². The van der Waals surface area contributed by atoms with Gasteiger partial charge in [0.2, 0.25) is 0 Å². The molecular weight excluding hydrogens is 242 g/mol. The Labute approximate surface area is 112 Å². The highest BCUT2D eigenvalue weighted by Gasteiger charge is 2.32. The fourth-order valence-electron chi connectivity index (χ4n) is 1.86. The molecule has 1 aromatic carbocycles. The van der Waals surface area contributed by atoms with Gasteiger partial charge in [0.25, 0.3) is 5.91 Å². The Kier molecular flexibility index (Phi) is 4.06. The number of benzene rings is 1. The highest BCUT2D eigenvalue weighted by molar-refractivity contribution is 6.23. The fraction of sp³-hybridized carbons (Fsp3) is 0.357. The van der Waals surface area contributed by atoms with Crippen LogP contribution in [0.2, 0.25) is 0 Å². The Hall–Kier alpha value is -2.01. The Bertz CT molecular complexity index is 520. The Morgan fingerprint density at radius 3 is 2.68 bits per heavy atom. The first-order valence-corrected chi connectivity index (χ1v) is 6.20. The molecule has 0 fully saturated rings. The smallest absolute Gasteiger partial charge is 0.261 e. The Morgan fingerprint density at radius 2 is 2.05 bits per heavy atom. The molecule has 0 spiro atoms. The molecule has 5 heteroatoms. The number of aliphatic imine (C=N–C) groups is 1. The van der Waals surface area contributed by atoms with Gasteiger partial charge in [-0.05, 0) is 26.0 Å². The third kappa shape index (κ3) is 2.88. The monoisotopic (exact) mass is 259 g/mol. The number of carbonyl (C=O) groups excluding carboxylic acids is 1. The van der Waals surface area contributed by atoms with Crippen molar-refractivity contribution in [1.29, 1.82) is 0 Å². The number of anilines is 1. The van der Waals surface area contributed by atoms with Gasteiger partial charge in [-0.2, -0.15) is 10.1 Å². The minimum absolute atomic E-state index is 0.0186. The summed E-state index contributed by atoms with van der Waals surface area (Å²) in [6.45, 7) is 4.09. The van der Waals surface area contributed by atoms with Crippen molar-refractivity contribution in [3.05, 3.63) is 29.8 Å². The summed E-state index contributed by atoms with van der Waals surface area (Å²) in [5.74, 6) is -0.532. The highest BCUT2D eigenvalue weighted by atomic mass is 16.3. The number of aliphatic hydroxyl groups is 1. The first-order valence-electron chi connectivity index (χ1n) is 6.20. The number of hydrogen-bond acceptors (Lipinski definition) is 4. The molecule has 1 atom stereocenters. The number of aryl methyl sites for hydroxylation is 1. The van der Waals surface area contributed by atoms with Crippen molar-refractivity contribution in [1.82, 2.24) is 0 Å². The van der Waals surface area contributed by atoms with E-state index in [1.54, 1.807) is 6.21 Å². The average molecular weight is 259 g/mol. The maximum Gasteiger partial charge on any atom is 0.261 e. The summed E-state index contributed by atoms with van der Waals surface area (Å²) in [4.78, 5) is 16.3. The van der Waals surface area contributed by atoms with E-state index in [1.165, 1.54) is 5.01 Å². The molecule has 19 heavy (non-hydrogen) atoms. The van der Waals surface area contributed by atoms with Gasteiger partial charge in [0.05, 0.1) is 24.6 Å². The van der Waals surface area contributed by atoms with Crippen LogP contribution in [0.4, 0.5) is 5.69 Å². The molecule has 5 nitrogen and oxygen atoms in total. The minimum atomic E-state index is -0.423. The molecule has 0 bridgehead atoms. The molecule has 1 heterocycles. The lowest BCUT2D eigenvalue weighted by atomic mass is 10.1. The van der Waals surface area contributed by atoms with E-state index in [0.717, 1.165) is 11.3 Å². The number of nitrogens with zero attached hydrogens (tertiary/aromatic N) is 3. The van der Waals surface area contributed by atoms with E-state index >= 15 is 0 Å². The van der Waals surface area contributed by atoms with Crippen molar-refractivity contribution in [2.24, 2.45) is 16.0 Å². The lowest BCUT2D eigenvalue weighted by Gasteiger charge is -2.12. The van der Waals surface area contributed by atoms with E-state index in [4.69, 9.17) is 5.11 Å². The van der Waals surface area contributed by atoms with Crippen LogP contribution in [0.3, 0.4) is 0 Å². The van der Waals surface area contributed by atoms with Crippen molar-refractivity contribution in [3.63, 3.8) is 0 Å². The first-order chi connectivity index (χ1) is 9.13. The zero-order chi connectivity index (χ0) is 13.8. The minimum Gasteiger partial charge on any atom is -0.394 e. The zero-order valence-corrected chi connectivity index (χ0v) is 11.1. The lowest BCUT2D eigenvalue weighted by molar-refractivity contribution is -0.118. The Balaban J connectivity index is 2.18. The van der Waals surface area contributed by atoms with Crippen LogP contribution < -0.4 is 5.01 Å². The predicted molar refractivity (Wildman–Crippen MR) is 75.7 cm³/mol. The van der Waals surface area contributed by atoms with E-state index in [-0.39, 0.29) is 12.5 Å². The molecule has 0 aromatic heterocycles. The number of rotatable bonds is 4. The molecule has 100 valence electrons. The number of amides is 1. The van der Waals surface area contributed by atoms with Crippen LogP contribution in [0.15, 0.2) is 34.4 Å². The van der Waals surface area contributed by atoms with Gasteiger partial charge in [0.1, 0.15) is 5.92 Å². The summed E-state index contributed by atoms with van der Waals surface area (Å²) in [5, 5.41) is 14.4.